The van der Waals surface area contributed by atoms with Crippen molar-refractivity contribution in [1.82, 2.24) is 0 Å². The first-order valence-electron chi connectivity index (χ1n) is 4.72. The van der Waals surface area contributed by atoms with Crippen LogP contribution in [0.5, 0.6) is 0 Å². The Kier molecular flexibility index (Phi) is 5.59. The Morgan fingerprint density at radius 2 is 2.12 bits per heavy atom. The second kappa shape index (κ2) is 7.37. The highest BCUT2D eigenvalue weighted by molar-refractivity contribution is 7.78. The van der Waals surface area contributed by atoms with E-state index in [0.29, 0.717) is 6.54 Å². The van der Waals surface area contributed by atoms with E-state index < -0.39 is 0 Å². The quantitative estimate of drug-likeness (QED) is 0.187. The Bertz CT molecular complexity index is 451. The summed E-state index contributed by atoms with van der Waals surface area (Å²) in [6, 6.07) is 7.62. The van der Waals surface area contributed by atoms with Gasteiger partial charge in [0.25, 0.3) is 0 Å². The smallest absolute Gasteiger partial charge is 0.0739 e. The molecule has 1 aromatic rings. The van der Waals surface area contributed by atoms with E-state index in [1.807, 2.05) is 36.4 Å². The van der Waals surface area contributed by atoms with Crippen molar-refractivity contribution >= 4 is 29.1 Å². The van der Waals surface area contributed by atoms with Crippen LogP contribution in [0.2, 0.25) is 0 Å². The van der Waals surface area contributed by atoms with Crippen molar-refractivity contribution in [3.05, 3.63) is 46.3 Å². The Morgan fingerprint density at radius 1 is 1.38 bits per heavy atom. The van der Waals surface area contributed by atoms with Crippen LogP contribution in [0.15, 0.2) is 40.4 Å². The van der Waals surface area contributed by atoms with E-state index in [1.165, 1.54) is 0 Å². The molecule has 0 amide bonds. The topological polar surface area (TPSA) is 61.1 Å². The standard InChI is InChI=1S/C11H10N4S/c12-15-14-8-2-1-3-10-4-6-11(7-5-10)13-9-16/h1,3-7H,2,8H2. The highest BCUT2D eigenvalue weighted by Gasteiger charge is 1.88. The first-order chi connectivity index (χ1) is 7.86. The van der Waals surface area contributed by atoms with Gasteiger partial charge in [-0.2, -0.15) is 4.99 Å². The molecular formula is C11H10N4S. The molecule has 0 radical (unpaired) electrons. The van der Waals surface area contributed by atoms with Crippen LogP contribution in [0.1, 0.15) is 12.0 Å². The molecule has 0 N–H and O–H groups in total. The highest BCUT2D eigenvalue weighted by Crippen LogP contribution is 2.13. The summed E-state index contributed by atoms with van der Waals surface area (Å²) < 4.78 is 0. The number of hydrogen-bond acceptors (Lipinski definition) is 3. The van der Waals surface area contributed by atoms with Gasteiger partial charge in [-0.25, -0.2) is 0 Å². The van der Waals surface area contributed by atoms with Crippen molar-refractivity contribution in [3.8, 4) is 0 Å². The third-order valence-corrected chi connectivity index (χ3v) is 1.93. The fraction of sp³-hybridized carbons (Fsp3) is 0.182. The highest BCUT2D eigenvalue weighted by atomic mass is 32.1. The summed E-state index contributed by atoms with van der Waals surface area (Å²) in [5, 5.41) is 5.75. The van der Waals surface area contributed by atoms with Gasteiger partial charge in [-0.15, -0.1) is 0 Å². The molecule has 0 spiro atoms. The van der Waals surface area contributed by atoms with Crippen LogP contribution in [0, 0.1) is 0 Å². The molecule has 0 aliphatic heterocycles. The van der Waals surface area contributed by atoms with Crippen molar-refractivity contribution in [1.29, 1.82) is 0 Å². The fourth-order valence-electron chi connectivity index (χ4n) is 1.11. The summed E-state index contributed by atoms with van der Waals surface area (Å²) in [4.78, 5) is 6.53. The van der Waals surface area contributed by atoms with Gasteiger partial charge in [0, 0.05) is 11.5 Å². The number of thiocarbonyl (C=S) groups is 1. The third-order valence-electron chi connectivity index (χ3n) is 1.84. The number of nitrogens with zero attached hydrogens (tertiary/aromatic N) is 4. The Hall–Kier alpha value is -1.93. The van der Waals surface area contributed by atoms with Crippen molar-refractivity contribution in [2.75, 3.05) is 6.54 Å². The minimum absolute atomic E-state index is 0.486. The van der Waals surface area contributed by atoms with Crippen LogP contribution in [0.25, 0.3) is 16.5 Å². The number of azide groups is 1. The van der Waals surface area contributed by atoms with Gasteiger partial charge in [0.2, 0.25) is 0 Å². The van der Waals surface area contributed by atoms with Gasteiger partial charge in [0.15, 0.2) is 0 Å². The SMILES string of the molecule is [N-]=[N+]=NCCC=Cc1ccc(N=C=S)cc1. The molecular weight excluding hydrogens is 220 g/mol. The van der Waals surface area contributed by atoms with Crippen LogP contribution >= 0.6 is 12.2 Å². The molecule has 0 heterocycles. The lowest BCUT2D eigenvalue weighted by atomic mass is 10.2. The molecule has 4 nitrogen and oxygen atoms in total. The minimum Gasteiger partial charge on any atom is -0.195 e. The molecule has 0 unspecified atom stereocenters. The molecule has 1 aromatic carbocycles. The predicted octanol–water partition coefficient (Wildman–Crippen LogP) is 4.13. The maximum absolute atomic E-state index is 8.07. The van der Waals surface area contributed by atoms with Gasteiger partial charge in [-0.1, -0.05) is 29.4 Å². The zero-order valence-electron chi connectivity index (χ0n) is 8.58. The van der Waals surface area contributed by atoms with Gasteiger partial charge < -0.3 is 0 Å². The zero-order chi connectivity index (χ0) is 11.6. The largest absolute Gasteiger partial charge is 0.195 e. The Labute approximate surface area is 99.0 Å². The van der Waals surface area contributed by atoms with E-state index in [1.54, 1.807) is 0 Å². The molecule has 0 bridgehead atoms. The van der Waals surface area contributed by atoms with Crippen molar-refractivity contribution in [2.24, 2.45) is 10.1 Å². The first-order valence-corrected chi connectivity index (χ1v) is 5.13. The summed E-state index contributed by atoms with van der Waals surface area (Å²) >= 11 is 4.51. The number of isothiocyanates is 1. The van der Waals surface area contributed by atoms with E-state index in [-0.39, 0.29) is 0 Å². The van der Waals surface area contributed by atoms with E-state index in [9.17, 15) is 0 Å². The van der Waals surface area contributed by atoms with E-state index >= 15 is 0 Å². The molecule has 5 heteroatoms. The Morgan fingerprint density at radius 3 is 2.75 bits per heavy atom. The van der Waals surface area contributed by atoms with Crippen LogP contribution in [-0.2, 0) is 0 Å². The van der Waals surface area contributed by atoms with Crippen molar-refractivity contribution < 1.29 is 0 Å². The first kappa shape index (κ1) is 12.1. The molecule has 80 valence electrons. The summed E-state index contributed by atoms with van der Waals surface area (Å²) in [5.74, 6) is 0. The predicted molar refractivity (Wildman–Crippen MR) is 68.8 cm³/mol. The molecule has 1 rings (SSSR count). The zero-order valence-corrected chi connectivity index (χ0v) is 9.39. The second-order valence-corrected chi connectivity index (χ2v) is 3.12. The van der Waals surface area contributed by atoms with E-state index in [4.69, 9.17) is 5.53 Å². The molecule has 0 aromatic heterocycles. The van der Waals surface area contributed by atoms with Gasteiger partial charge in [0.1, 0.15) is 0 Å². The maximum atomic E-state index is 8.07. The van der Waals surface area contributed by atoms with Crippen molar-refractivity contribution in [2.45, 2.75) is 6.42 Å². The molecule has 0 fully saturated rings. The van der Waals surface area contributed by atoms with Crippen LogP contribution in [-0.4, -0.2) is 11.7 Å². The van der Waals surface area contributed by atoms with Crippen LogP contribution < -0.4 is 0 Å². The average Bonchev–Trinajstić information content (AvgIpc) is 2.31. The van der Waals surface area contributed by atoms with E-state index in [2.05, 4.69) is 32.4 Å². The summed E-state index contributed by atoms with van der Waals surface area (Å²) in [7, 11) is 0. The van der Waals surface area contributed by atoms with Crippen LogP contribution in [0.3, 0.4) is 0 Å². The second-order valence-electron chi connectivity index (χ2n) is 2.94. The number of hydrogen-bond donors (Lipinski definition) is 0. The van der Waals surface area contributed by atoms with Gasteiger partial charge in [-0.05, 0) is 41.9 Å². The normalized spacial score (nSPS) is 9.50. The Balaban J connectivity index is 2.54. The average molecular weight is 230 g/mol. The lowest BCUT2D eigenvalue weighted by Gasteiger charge is -1.93. The van der Waals surface area contributed by atoms with Gasteiger partial charge in [0.05, 0.1) is 10.8 Å². The molecule has 0 atom stereocenters. The molecule has 0 saturated carbocycles. The lowest BCUT2D eigenvalue weighted by Crippen LogP contribution is -1.74. The minimum atomic E-state index is 0.486. The molecule has 0 saturated heterocycles. The number of aliphatic imine (C=N–C) groups is 1. The third kappa shape index (κ3) is 4.53. The monoisotopic (exact) mass is 230 g/mol. The summed E-state index contributed by atoms with van der Waals surface area (Å²) in [5.41, 5.74) is 9.94. The summed E-state index contributed by atoms with van der Waals surface area (Å²) in [6.45, 7) is 0.486. The number of rotatable bonds is 5. The number of benzene rings is 1. The summed E-state index contributed by atoms with van der Waals surface area (Å²) in [6.07, 6.45) is 4.67. The molecule has 0 aliphatic carbocycles. The van der Waals surface area contributed by atoms with Crippen molar-refractivity contribution in [3.63, 3.8) is 0 Å². The molecule has 0 aliphatic rings. The van der Waals surface area contributed by atoms with Gasteiger partial charge in [-0.3, -0.25) is 0 Å². The van der Waals surface area contributed by atoms with Crippen LogP contribution in [0.4, 0.5) is 5.69 Å². The molecule has 16 heavy (non-hydrogen) atoms. The van der Waals surface area contributed by atoms with Gasteiger partial charge >= 0.3 is 0 Å². The van der Waals surface area contributed by atoms with E-state index in [0.717, 1.165) is 17.7 Å². The fourth-order valence-corrected chi connectivity index (χ4v) is 1.21. The maximum Gasteiger partial charge on any atom is 0.0739 e. The lowest BCUT2D eigenvalue weighted by molar-refractivity contribution is 0.996.